The van der Waals surface area contributed by atoms with Crippen LogP contribution in [0.4, 0.5) is 5.69 Å². The predicted molar refractivity (Wildman–Crippen MR) is 64.2 cm³/mol. The van der Waals surface area contributed by atoms with Crippen LogP contribution in [0.5, 0.6) is 5.75 Å². The summed E-state index contributed by atoms with van der Waals surface area (Å²) in [7, 11) is -4.67. The highest BCUT2D eigenvalue weighted by molar-refractivity contribution is 7.79. The lowest BCUT2D eigenvalue weighted by atomic mass is 10.1. The number of phenolic OH excluding ortho intramolecular Hbond substituents is 1. The molecule has 0 atom stereocenters. The van der Waals surface area contributed by atoms with Crippen LogP contribution < -0.4 is 5.73 Å². The number of phenols is 1. The number of hydrogen-bond donors (Lipinski definition) is 4. The fourth-order valence-corrected chi connectivity index (χ4v) is 1.28. The van der Waals surface area contributed by atoms with E-state index < -0.39 is 10.4 Å². The van der Waals surface area contributed by atoms with Crippen LogP contribution in [0.2, 0.25) is 0 Å². The van der Waals surface area contributed by atoms with Crippen molar-refractivity contribution in [3.05, 3.63) is 36.4 Å². The van der Waals surface area contributed by atoms with Gasteiger partial charge >= 0.3 is 10.4 Å². The number of fused-ring (bicyclic) bond motifs is 1. The number of nitrogen functional groups attached to an aromatic ring is 1. The standard InChI is InChI=1S/C10H9NO.H2O4S/c11-10-8-4-2-1-3-7(8)5-6-9(10)12;1-5(2,3)4/h1-6,12H,11H2;(H2,1,2,3,4). The largest absolute Gasteiger partial charge is 0.506 e. The molecule has 0 bridgehead atoms. The quantitative estimate of drug-likeness (QED) is 0.322. The van der Waals surface area contributed by atoms with E-state index in [9.17, 15) is 5.11 Å². The maximum atomic E-state index is 9.29. The van der Waals surface area contributed by atoms with Crippen LogP contribution in [0.25, 0.3) is 10.8 Å². The van der Waals surface area contributed by atoms with Crippen molar-refractivity contribution in [3.63, 3.8) is 0 Å². The third-order valence-corrected chi connectivity index (χ3v) is 1.95. The van der Waals surface area contributed by atoms with Gasteiger partial charge in [0, 0.05) is 5.39 Å². The molecule has 0 amide bonds. The lowest BCUT2D eigenvalue weighted by Gasteiger charge is -2.02. The molecule has 0 aliphatic rings. The Balaban J connectivity index is 0.000000249. The van der Waals surface area contributed by atoms with Crippen molar-refractivity contribution in [2.24, 2.45) is 0 Å². The summed E-state index contributed by atoms with van der Waals surface area (Å²) in [5.74, 6) is 0.147. The molecular weight excluding hydrogens is 246 g/mol. The molecule has 2 aromatic rings. The van der Waals surface area contributed by atoms with Gasteiger partial charge in [-0.05, 0) is 11.5 Å². The van der Waals surface area contributed by atoms with Crippen molar-refractivity contribution in [1.82, 2.24) is 0 Å². The third kappa shape index (κ3) is 4.27. The molecule has 0 heterocycles. The van der Waals surface area contributed by atoms with Gasteiger partial charge in [0.25, 0.3) is 0 Å². The Morgan fingerprint density at radius 1 is 1.00 bits per heavy atom. The van der Waals surface area contributed by atoms with E-state index in [2.05, 4.69) is 0 Å². The van der Waals surface area contributed by atoms with Gasteiger partial charge in [0.2, 0.25) is 0 Å². The van der Waals surface area contributed by atoms with E-state index in [0.29, 0.717) is 5.69 Å². The van der Waals surface area contributed by atoms with E-state index in [4.69, 9.17) is 23.3 Å². The molecule has 0 aliphatic heterocycles. The number of nitrogens with two attached hydrogens (primary N) is 1. The minimum Gasteiger partial charge on any atom is -0.506 e. The lowest BCUT2D eigenvalue weighted by molar-refractivity contribution is 0.381. The number of benzene rings is 2. The average Bonchev–Trinajstić information content (AvgIpc) is 2.22. The molecule has 0 fully saturated rings. The van der Waals surface area contributed by atoms with Gasteiger partial charge in [-0.25, -0.2) is 0 Å². The minimum atomic E-state index is -4.67. The Hall–Kier alpha value is -1.83. The van der Waals surface area contributed by atoms with E-state index in [-0.39, 0.29) is 5.75 Å². The summed E-state index contributed by atoms with van der Waals surface area (Å²) in [6, 6.07) is 11.2. The molecule has 0 saturated carbocycles. The molecular formula is C10H11NO5S. The Bertz CT molecular complexity index is 616. The van der Waals surface area contributed by atoms with Crippen molar-refractivity contribution in [2.75, 3.05) is 5.73 Å². The number of rotatable bonds is 0. The first-order chi connectivity index (χ1) is 7.79. The van der Waals surface area contributed by atoms with Crippen LogP contribution in [-0.2, 0) is 10.4 Å². The maximum absolute atomic E-state index is 9.29. The van der Waals surface area contributed by atoms with Crippen molar-refractivity contribution < 1.29 is 22.6 Å². The van der Waals surface area contributed by atoms with Gasteiger partial charge in [0.05, 0.1) is 5.69 Å². The highest BCUT2D eigenvalue weighted by atomic mass is 32.3. The fraction of sp³-hybridized carbons (Fsp3) is 0. The summed E-state index contributed by atoms with van der Waals surface area (Å²) < 4.78 is 31.6. The van der Waals surface area contributed by atoms with Crippen molar-refractivity contribution >= 4 is 26.9 Å². The summed E-state index contributed by atoms with van der Waals surface area (Å²) in [6.07, 6.45) is 0. The maximum Gasteiger partial charge on any atom is 0.394 e. The zero-order valence-electron chi connectivity index (χ0n) is 8.61. The SMILES string of the molecule is Nc1c(O)ccc2ccccc12.O=S(=O)(O)O. The van der Waals surface area contributed by atoms with Crippen LogP contribution in [0.15, 0.2) is 36.4 Å². The van der Waals surface area contributed by atoms with Gasteiger partial charge in [-0.15, -0.1) is 0 Å². The van der Waals surface area contributed by atoms with Crippen LogP contribution in [0, 0.1) is 0 Å². The van der Waals surface area contributed by atoms with Crippen molar-refractivity contribution in [1.29, 1.82) is 0 Å². The molecule has 6 nitrogen and oxygen atoms in total. The van der Waals surface area contributed by atoms with Gasteiger partial charge in [-0.1, -0.05) is 30.3 Å². The lowest BCUT2D eigenvalue weighted by Crippen LogP contribution is -1.89. The summed E-state index contributed by atoms with van der Waals surface area (Å²) >= 11 is 0. The smallest absolute Gasteiger partial charge is 0.394 e. The molecule has 0 saturated heterocycles. The van der Waals surface area contributed by atoms with E-state index in [1.165, 1.54) is 0 Å². The highest BCUT2D eigenvalue weighted by Crippen LogP contribution is 2.28. The normalized spacial score (nSPS) is 10.7. The highest BCUT2D eigenvalue weighted by Gasteiger charge is 2.00. The van der Waals surface area contributed by atoms with E-state index >= 15 is 0 Å². The first kappa shape index (κ1) is 13.2. The van der Waals surface area contributed by atoms with Gasteiger partial charge in [0.15, 0.2) is 0 Å². The van der Waals surface area contributed by atoms with Crippen molar-refractivity contribution in [3.8, 4) is 5.75 Å². The third-order valence-electron chi connectivity index (χ3n) is 1.95. The number of aromatic hydroxyl groups is 1. The second-order valence-electron chi connectivity index (χ2n) is 3.17. The zero-order valence-corrected chi connectivity index (χ0v) is 9.42. The molecule has 17 heavy (non-hydrogen) atoms. The molecule has 0 radical (unpaired) electrons. The fourth-order valence-electron chi connectivity index (χ4n) is 1.28. The van der Waals surface area contributed by atoms with Crippen LogP contribution in [-0.4, -0.2) is 22.6 Å². The molecule has 0 aliphatic carbocycles. The topological polar surface area (TPSA) is 121 Å². The monoisotopic (exact) mass is 257 g/mol. The summed E-state index contributed by atoms with van der Waals surface area (Å²) in [5, 5.41) is 11.2. The van der Waals surface area contributed by atoms with Gasteiger partial charge in [0.1, 0.15) is 5.75 Å². The Morgan fingerprint density at radius 3 is 2.12 bits per heavy atom. The van der Waals surface area contributed by atoms with Crippen molar-refractivity contribution in [2.45, 2.75) is 0 Å². The summed E-state index contributed by atoms with van der Waals surface area (Å²) in [5.41, 5.74) is 6.12. The summed E-state index contributed by atoms with van der Waals surface area (Å²) in [4.78, 5) is 0. The minimum absolute atomic E-state index is 0.147. The van der Waals surface area contributed by atoms with E-state index in [0.717, 1.165) is 10.8 Å². The average molecular weight is 257 g/mol. The van der Waals surface area contributed by atoms with E-state index in [1.54, 1.807) is 6.07 Å². The Labute approximate surface area is 97.9 Å². The molecule has 92 valence electrons. The molecule has 5 N–H and O–H groups in total. The molecule has 7 heteroatoms. The number of anilines is 1. The molecule has 0 aromatic heterocycles. The number of hydrogen-bond acceptors (Lipinski definition) is 4. The summed E-state index contributed by atoms with van der Waals surface area (Å²) in [6.45, 7) is 0. The first-order valence-electron chi connectivity index (χ1n) is 4.45. The van der Waals surface area contributed by atoms with Gasteiger partial charge in [-0.2, -0.15) is 8.42 Å². The van der Waals surface area contributed by atoms with Crippen LogP contribution in [0.1, 0.15) is 0 Å². The second kappa shape index (κ2) is 5.00. The van der Waals surface area contributed by atoms with Crippen LogP contribution >= 0.6 is 0 Å². The van der Waals surface area contributed by atoms with E-state index in [1.807, 2.05) is 30.3 Å². The molecule has 0 unspecified atom stereocenters. The Kier molecular flexibility index (Phi) is 3.89. The first-order valence-corrected chi connectivity index (χ1v) is 5.85. The molecule has 2 aromatic carbocycles. The molecule has 0 spiro atoms. The molecule has 2 rings (SSSR count). The van der Waals surface area contributed by atoms with Gasteiger partial charge < -0.3 is 10.8 Å². The van der Waals surface area contributed by atoms with Gasteiger partial charge in [-0.3, -0.25) is 9.11 Å². The Morgan fingerprint density at radius 2 is 1.53 bits per heavy atom. The second-order valence-corrected chi connectivity index (χ2v) is 4.06. The van der Waals surface area contributed by atoms with Crippen LogP contribution in [0.3, 0.4) is 0 Å². The zero-order chi connectivity index (χ0) is 13.1. The predicted octanol–water partition coefficient (Wildman–Crippen LogP) is 1.47.